The molecular formula is C22H30N2OS. The lowest BCUT2D eigenvalue weighted by Gasteiger charge is -2.36. The van der Waals surface area contributed by atoms with Gasteiger partial charge < -0.3 is 5.32 Å². The van der Waals surface area contributed by atoms with Gasteiger partial charge in [-0.3, -0.25) is 9.69 Å². The Balaban J connectivity index is 1.70. The first kappa shape index (κ1) is 19.1. The van der Waals surface area contributed by atoms with E-state index in [9.17, 15) is 4.79 Å². The highest BCUT2D eigenvalue weighted by atomic mass is 32.1. The third kappa shape index (κ3) is 4.74. The molecule has 1 fully saturated rings. The number of nitrogens with zero attached hydrogens (tertiary/aromatic N) is 1. The molecule has 1 aromatic carbocycles. The van der Waals surface area contributed by atoms with Gasteiger partial charge in [-0.25, -0.2) is 0 Å². The van der Waals surface area contributed by atoms with Crippen LogP contribution >= 0.6 is 11.3 Å². The Kier molecular flexibility index (Phi) is 6.15. The van der Waals surface area contributed by atoms with Crippen molar-refractivity contribution in [3.05, 3.63) is 57.8 Å². The molecule has 1 amide bonds. The number of carbonyl (C=O) groups is 1. The second-order valence-corrected chi connectivity index (χ2v) is 9.00. The summed E-state index contributed by atoms with van der Waals surface area (Å²) in [5, 5.41) is 5.33. The van der Waals surface area contributed by atoms with Crippen LogP contribution in [0.1, 0.15) is 48.6 Å². The topological polar surface area (TPSA) is 32.3 Å². The number of rotatable bonds is 7. The molecule has 1 aliphatic rings. The van der Waals surface area contributed by atoms with Gasteiger partial charge in [0.25, 0.3) is 0 Å². The average Bonchev–Trinajstić information content (AvgIpc) is 3.32. The Bertz CT molecular complexity index is 700. The molecule has 1 N–H and O–H groups in total. The fourth-order valence-electron chi connectivity index (χ4n) is 3.65. The summed E-state index contributed by atoms with van der Waals surface area (Å²) in [6.07, 6.45) is 3.29. The number of hydrogen-bond acceptors (Lipinski definition) is 3. The van der Waals surface area contributed by atoms with Crippen LogP contribution in [-0.4, -0.2) is 36.0 Å². The summed E-state index contributed by atoms with van der Waals surface area (Å²) < 4.78 is 0. The Hall–Kier alpha value is -1.65. The van der Waals surface area contributed by atoms with Crippen molar-refractivity contribution >= 4 is 17.2 Å². The molecule has 0 saturated carbocycles. The van der Waals surface area contributed by atoms with Gasteiger partial charge in [0, 0.05) is 17.0 Å². The Morgan fingerprint density at radius 2 is 1.88 bits per heavy atom. The minimum absolute atomic E-state index is 0.00686. The van der Waals surface area contributed by atoms with E-state index >= 15 is 0 Å². The summed E-state index contributed by atoms with van der Waals surface area (Å²) in [5.74, 6) is -0.00171. The van der Waals surface area contributed by atoms with Crippen molar-refractivity contribution in [2.24, 2.45) is 0 Å². The quantitative estimate of drug-likeness (QED) is 0.785. The third-order valence-electron chi connectivity index (χ3n) is 5.44. The molecule has 3 rings (SSSR count). The largest absolute Gasteiger partial charge is 0.354 e. The molecule has 2 heterocycles. The van der Waals surface area contributed by atoms with Crippen LogP contribution in [0.3, 0.4) is 0 Å². The number of benzene rings is 1. The van der Waals surface area contributed by atoms with Crippen LogP contribution in [0.15, 0.2) is 41.8 Å². The minimum Gasteiger partial charge on any atom is -0.354 e. The highest BCUT2D eigenvalue weighted by Gasteiger charge is 2.30. The van der Waals surface area contributed by atoms with Crippen LogP contribution in [0.5, 0.6) is 0 Å². The van der Waals surface area contributed by atoms with Gasteiger partial charge in [0.15, 0.2) is 0 Å². The second-order valence-electron chi connectivity index (χ2n) is 7.97. The zero-order valence-corrected chi connectivity index (χ0v) is 16.9. The van der Waals surface area contributed by atoms with Crippen LogP contribution in [0.25, 0.3) is 0 Å². The molecule has 1 aliphatic heterocycles. The molecule has 140 valence electrons. The number of likely N-dealkylation sites (tertiary alicyclic amines) is 1. The number of aryl methyl sites for hydroxylation is 1. The number of hydrogen-bond donors (Lipinski definition) is 1. The zero-order chi connectivity index (χ0) is 18.6. The lowest BCUT2D eigenvalue weighted by atomic mass is 9.92. The van der Waals surface area contributed by atoms with Crippen LogP contribution in [-0.2, 0) is 11.2 Å². The van der Waals surface area contributed by atoms with Crippen molar-refractivity contribution in [2.75, 3.05) is 19.6 Å². The molecular weight excluding hydrogens is 340 g/mol. The van der Waals surface area contributed by atoms with E-state index in [2.05, 4.69) is 72.8 Å². The van der Waals surface area contributed by atoms with Crippen LogP contribution in [0, 0.1) is 6.92 Å². The van der Waals surface area contributed by atoms with Gasteiger partial charge in [-0.1, -0.05) is 35.9 Å². The van der Waals surface area contributed by atoms with E-state index < -0.39 is 0 Å². The van der Waals surface area contributed by atoms with E-state index in [-0.39, 0.29) is 17.4 Å². The standard InChI is InChI=1S/C22H30N2OS/c1-17-8-10-18(11-9-17)20(15-19-7-6-14-26-19)21(25)23-16-22(2,3)24-12-4-5-13-24/h6-11,14,20H,4-5,12-13,15-16H2,1-3H3,(H,23,25). The van der Waals surface area contributed by atoms with Crippen molar-refractivity contribution in [3.63, 3.8) is 0 Å². The molecule has 0 spiro atoms. The van der Waals surface area contributed by atoms with Crippen molar-refractivity contribution < 1.29 is 4.79 Å². The van der Waals surface area contributed by atoms with Crippen molar-refractivity contribution in [1.29, 1.82) is 0 Å². The molecule has 0 aliphatic carbocycles. The highest BCUT2D eigenvalue weighted by Crippen LogP contribution is 2.25. The van der Waals surface area contributed by atoms with Gasteiger partial charge >= 0.3 is 0 Å². The molecule has 1 unspecified atom stereocenters. The number of amides is 1. The maximum Gasteiger partial charge on any atom is 0.227 e. The zero-order valence-electron chi connectivity index (χ0n) is 16.1. The first-order valence-electron chi connectivity index (χ1n) is 9.57. The number of thiophene rings is 1. The lowest BCUT2D eigenvalue weighted by Crippen LogP contribution is -2.51. The fourth-order valence-corrected chi connectivity index (χ4v) is 4.40. The van der Waals surface area contributed by atoms with Gasteiger partial charge in [-0.05, 0) is 70.1 Å². The molecule has 1 aromatic heterocycles. The maximum atomic E-state index is 13.1. The maximum absolute atomic E-state index is 13.1. The predicted octanol–water partition coefficient (Wildman–Crippen LogP) is 4.37. The molecule has 26 heavy (non-hydrogen) atoms. The molecule has 0 bridgehead atoms. The number of carbonyl (C=O) groups excluding carboxylic acids is 1. The van der Waals surface area contributed by atoms with Gasteiger partial charge in [-0.15, -0.1) is 11.3 Å². The Morgan fingerprint density at radius 3 is 2.50 bits per heavy atom. The smallest absolute Gasteiger partial charge is 0.227 e. The normalized spacial score (nSPS) is 16.6. The summed E-state index contributed by atoms with van der Waals surface area (Å²) in [6, 6.07) is 12.6. The van der Waals surface area contributed by atoms with Crippen molar-refractivity contribution in [3.8, 4) is 0 Å². The molecule has 1 atom stereocenters. The molecule has 4 heteroatoms. The summed E-state index contributed by atoms with van der Waals surface area (Å²) in [4.78, 5) is 16.8. The van der Waals surface area contributed by atoms with Crippen LogP contribution in [0.2, 0.25) is 0 Å². The van der Waals surface area contributed by atoms with Gasteiger partial charge in [0.2, 0.25) is 5.91 Å². The van der Waals surface area contributed by atoms with Gasteiger partial charge in [0.1, 0.15) is 0 Å². The lowest BCUT2D eigenvalue weighted by molar-refractivity contribution is -0.123. The molecule has 3 nitrogen and oxygen atoms in total. The van der Waals surface area contributed by atoms with E-state index in [0.717, 1.165) is 25.1 Å². The van der Waals surface area contributed by atoms with Crippen molar-refractivity contribution in [2.45, 2.75) is 51.5 Å². The summed E-state index contributed by atoms with van der Waals surface area (Å²) >= 11 is 1.72. The molecule has 1 saturated heterocycles. The fraction of sp³-hybridized carbons (Fsp3) is 0.500. The Labute approximate surface area is 161 Å². The van der Waals surface area contributed by atoms with E-state index in [1.54, 1.807) is 11.3 Å². The van der Waals surface area contributed by atoms with E-state index in [1.807, 2.05) is 0 Å². The summed E-state index contributed by atoms with van der Waals surface area (Å²) in [7, 11) is 0. The average molecular weight is 371 g/mol. The Morgan fingerprint density at radius 1 is 1.19 bits per heavy atom. The predicted molar refractivity (Wildman–Crippen MR) is 110 cm³/mol. The van der Waals surface area contributed by atoms with Gasteiger partial charge in [0.05, 0.1) is 5.92 Å². The van der Waals surface area contributed by atoms with E-state index in [4.69, 9.17) is 0 Å². The second kappa shape index (κ2) is 8.36. The minimum atomic E-state index is -0.136. The van der Waals surface area contributed by atoms with E-state index in [1.165, 1.54) is 23.3 Å². The third-order valence-corrected chi connectivity index (χ3v) is 6.34. The summed E-state index contributed by atoms with van der Waals surface area (Å²) in [5.41, 5.74) is 2.33. The SMILES string of the molecule is Cc1ccc(C(Cc2cccs2)C(=O)NCC(C)(C)N2CCCC2)cc1. The van der Waals surface area contributed by atoms with E-state index in [0.29, 0.717) is 6.54 Å². The monoisotopic (exact) mass is 370 g/mol. The van der Waals surface area contributed by atoms with Crippen LogP contribution in [0.4, 0.5) is 0 Å². The first-order chi connectivity index (χ1) is 12.5. The summed E-state index contributed by atoms with van der Waals surface area (Å²) in [6.45, 7) is 9.52. The van der Waals surface area contributed by atoms with Crippen LogP contribution < -0.4 is 5.32 Å². The first-order valence-corrected chi connectivity index (χ1v) is 10.5. The molecule has 0 radical (unpaired) electrons. The molecule has 2 aromatic rings. The van der Waals surface area contributed by atoms with Gasteiger partial charge in [-0.2, -0.15) is 0 Å². The van der Waals surface area contributed by atoms with Crippen molar-refractivity contribution in [1.82, 2.24) is 10.2 Å². The number of nitrogens with one attached hydrogen (secondary N) is 1. The highest BCUT2D eigenvalue weighted by molar-refractivity contribution is 7.09.